The van der Waals surface area contributed by atoms with Gasteiger partial charge in [0.05, 0.1) is 12.4 Å². The highest BCUT2D eigenvalue weighted by Gasteiger charge is 2.24. The highest BCUT2D eigenvalue weighted by Crippen LogP contribution is 2.26. The van der Waals surface area contributed by atoms with Gasteiger partial charge in [0.1, 0.15) is 5.75 Å². The fraction of sp³-hybridized carbons (Fsp3) is 0.192. The van der Waals surface area contributed by atoms with Crippen molar-refractivity contribution in [3.05, 3.63) is 96.1 Å². The van der Waals surface area contributed by atoms with Crippen LogP contribution in [0.4, 0.5) is 0 Å². The number of aromatic nitrogens is 3. The maximum Gasteiger partial charge on any atom is 0.236 e. The average molecular weight is 459 g/mol. The van der Waals surface area contributed by atoms with E-state index in [2.05, 4.69) is 15.2 Å². The summed E-state index contributed by atoms with van der Waals surface area (Å²) >= 11 is 1.35. The third kappa shape index (κ3) is 6.02. The van der Waals surface area contributed by atoms with Crippen molar-refractivity contribution in [1.82, 2.24) is 20.1 Å². The van der Waals surface area contributed by atoms with E-state index in [4.69, 9.17) is 4.74 Å². The van der Waals surface area contributed by atoms with Crippen molar-refractivity contribution in [1.29, 1.82) is 0 Å². The number of thioether (sulfide) groups is 1. The van der Waals surface area contributed by atoms with Gasteiger partial charge in [0.15, 0.2) is 5.82 Å². The SMILES string of the molecule is COc1ccc(-c2nc(SC(C)C(=O)N(Cc3ccccc3)Cc3ccccc3)n[nH]2)cc1. The highest BCUT2D eigenvalue weighted by molar-refractivity contribution is 8.00. The Morgan fingerprint density at radius 2 is 1.52 bits per heavy atom. The number of rotatable bonds is 9. The minimum Gasteiger partial charge on any atom is -0.497 e. The largest absolute Gasteiger partial charge is 0.497 e. The molecule has 0 aliphatic heterocycles. The Balaban J connectivity index is 1.47. The second kappa shape index (κ2) is 10.8. The van der Waals surface area contributed by atoms with Gasteiger partial charge in [-0.25, -0.2) is 4.98 Å². The second-order valence-corrected chi connectivity index (χ2v) is 8.93. The molecule has 0 aliphatic rings. The summed E-state index contributed by atoms with van der Waals surface area (Å²) in [6.07, 6.45) is 0. The lowest BCUT2D eigenvalue weighted by molar-refractivity contribution is -0.131. The van der Waals surface area contributed by atoms with E-state index in [0.717, 1.165) is 22.4 Å². The minimum absolute atomic E-state index is 0.0449. The van der Waals surface area contributed by atoms with Gasteiger partial charge in [0.2, 0.25) is 11.1 Å². The molecule has 3 aromatic carbocycles. The molecular weight excluding hydrogens is 432 g/mol. The Kier molecular flexibility index (Phi) is 7.42. The standard InChI is InChI=1S/C26H26N4O2S/c1-19(33-26-27-24(28-29-26)22-13-15-23(32-2)16-14-22)25(31)30(17-20-9-5-3-6-10-20)18-21-11-7-4-8-12-21/h3-16,19H,17-18H2,1-2H3,(H,27,28,29). The molecule has 1 unspecified atom stereocenters. The van der Waals surface area contributed by atoms with E-state index in [9.17, 15) is 4.79 Å². The molecule has 0 saturated heterocycles. The summed E-state index contributed by atoms with van der Waals surface area (Å²) in [4.78, 5) is 19.9. The van der Waals surface area contributed by atoms with Crippen molar-refractivity contribution in [2.75, 3.05) is 7.11 Å². The quantitative estimate of drug-likeness (QED) is 0.350. The zero-order chi connectivity index (χ0) is 23.0. The number of ether oxygens (including phenoxy) is 1. The number of aromatic amines is 1. The van der Waals surface area contributed by atoms with Crippen LogP contribution < -0.4 is 4.74 Å². The molecule has 1 aromatic heterocycles. The molecule has 7 heteroatoms. The Morgan fingerprint density at radius 3 is 2.06 bits per heavy atom. The molecule has 0 spiro atoms. The maximum absolute atomic E-state index is 13.4. The Bertz CT molecular complexity index is 1120. The van der Waals surface area contributed by atoms with Crippen molar-refractivity contribution in [2.45, 2.75) is 30.4 Å². The lowest BCUT2D eigenvalue weighted by Crippen LogP contribution is -2.35. The Labute approximate surface area is 198 Å². The van der Waals surface area contributed by atoms with Crippen LogP contribution in [0.2, 0.25) is 0 Å². The number of nitrogens with zero attached hydrogens (tertiary/aromatic N) is 3. The number of hydrogen-bond donors (Lipinski definition) is 1. The molecule has 33 heavy (non-hydrogen) atoms. The van der Waals surface area contributed by atoms with Gasteiger partial charge < -0.3 is 9.64 Å². The highest BCUT2D eigenvalue weighted by atomic mass is 32.2. The van der Waals surface area contributed by atoms with Crippen molar-refractivity contribution in [2.24, 2.45) is 0 Å². The number of carbonyl (C=O) groups is 1. The molecule has 4 aromatic rings. The molecule has 0 fully saturated rings. The van der Waals surface area contributed by atoms with Crippen molar-refractivity contribution < 1.29 is 9.53 Å². The number of H-pyrrole nitrogens is 1. The molecule has 1 N–H and O–H groups in total. The Hall–Kier alpha value is -3.58. The van der Waals surface area contributed by atoms with Gasteiger partial charge in [-0.05, 0) is 42.3 Å². The first-order chi connectivity index (χ1) is 16.1. The van der Waals surface area contributed by atoms with Crippen LogP contribution in [-0.4, -0.2) is 38.3 Å². The van der Waals surface area contributed by atoms with Crippen LogP contribution in [0, 0.1) is 0 Å². The van der Waals surface area contributed by atoms with Crippen LogP contribution in [0.3, 0.4) is 0 Å². The monoisotopic (exact) mass is 458 g/mol. The number of nitrogens with one attached hydrogen (secondary N) is 1. The van der Waals surface area contributed by atoms with E-state index >= 15 is 0 Å². The topological polar surface area (TPSA) is 71.1 Å². The van der Waals surface area contributed by atoms with E-state index in [1.165, 1.54) is 11.8 Å². The number of hydrogen-bond acceptors (Lipinski definition) is 5. The van der Waals surface area contributed by atoms with Gasteiger partial charge in [-0.2, -0.15) is 0 Å². The minimum atomic E-state index is -0.336. The summed E-state index contributed by atoms with van der Waals surface area (Å²) in [6.45, 7) is 2.99. The molecule has 168 valence electrons. The zero-order valence-corrected chi connectivity index (χ0v) is 19.5. The molecule has 1 atom stereocenters. The summed E-state index contributed by atoms with van der Waals surface area (Å²) < 4.78 is 5.20. The van der Waals surface area contributed by atoms with Crippen molar-refractivity contribution in [3.8, 4) is 17.1 Å². The molecule has 0 saturated carbocycles. The molecule has 0 aliphatic carbocycles. The van der Waals surface area contributed by atoms with E-state index < -0.39 is 0 Å². The van der Waals surface area contributed by atoms with Gasteiger partial charge in [-0.1, -0.05) is 72.4 Å². The lowest BCUT2D eigenvalue weighted by atomic mass is 10.1. The molecule has 0 bridgehead atoms. The third-order valence-electron chi connectivity index (χ3n) is 5.20. The third-order valence-corrected chi connectivity index (χ3v) is 6.15. The molecular formula is C26H26N4O2S. The predicted molar refractivity (Wildman–Crippen MR) is 131 cm³/mol. The molecule has 1 amide bonds. The van der Waals surface area contributed by atoms with Gasteiger partial charge in [0, 0.05) is 18.7 Å². The summed E-state index contributed by atoms with van der Waals surface area (Å²) in [7, 11) is 1.63. The predicted octanol–water partition coefficient (Wildman–Crippen LogP) is 5.19. The second-order valence-electron chi connectivity index (χ2n) is 7.62. The van der Waals surface area contributed by atoms with Gasteiger partial charge in [-0.3, -0.25) is 9.89 Å². The van der Waals surface area contributed by atoms with E-state index in [1.54, 1.807) is 7.11 Å². The van der Waals surface area contributed by atoms with Crippen molar-refractivity contribution in [3.63, 3.8) is 0 Å². The lowest BCUT2D eigenvalue weighted by Gasteiger charge is -2.25. The van der Waals surface area contributed by atoms with Crippen molar-refractivity contribution >= 4 is 17.7 Å². The van der Waals surface area contributed by atoms with Crippen LogP contribution in [0.1, 0.15) is 18.1 Å². The fourth-order valence-electron chi connectivity index (χ4n) is 3.46. The van der Waals surface area contributed by atoms with E-state index in [1.807, 2.05) is 96.8 Å². The smallest absolute Gasteiger partial charge is 0.236 e. The molecule has 1 heterocycles. The zero-order valence-electron chi connectivity index (χ0n) is 18.6. The first-order valence-corrected chi connectivity index (χ1v) is 11.6. The number of carbonyl (C=O) groups excluding carboxylic acids is 1. The van der Waals surface area contributed by atoms with E-state index in [-0.39, 0.29) is 11.2 Å². The molecule has 6 nitrogen and oxygen atoms in total. The van der Waals surface area contributed by atoms with Crippen LogP contribution in [0.5, 0.6) is 5.75 Å². The number of benzene rings is 3. The summed E-state index contributed by atoms with van der Waals surface area (Å²) in [5, 5.41) is 7.48. The Morgan fingerprint density at radius 1 is 0.939 bits per heavy atom. The summed E-state index contributed by atoms with van der Waals surface area (Å²) in [5.74, 6) is 1.48. The van der Waals surface area contributed by atoms with Gasteiger partial charge in [-0.15, -0.1) is 5.10 Å². The van der Waals surface area contributed by atoms with Crippen LogP contribution >= 0.6 is 11.8 Å². The molecule has 0 radical (unpaired) electrons. The van der Waals surface area contributed by atoms with Crippen LogP contribution in [0.25, 0.3) is 11.4 Å². The van der Waals surface area contributed by atoms with Crippen LogP contribution in [0.15, 0.2) is 90.1 Å². The van der Waals surface area contributed by atoms with Gasteiger partial charge >= 0.3 is 0 Å². The fourth-order valence-corrected chi connectivity index (χ4v) is 4.27. The molecule has 4 rings (SSSR count). The number of methoxy groups -OCH3 is 1. The van der Waals surface area contributed by atoms with Gasteiger partial charge in [0.25, 0.3) is 0 Å². The van der Waals surface area contributed by atoms with Crippen LogP contribution in [-0.2, 0) is 17.9 Å². The summed E-state index contributed by atoms with van der Waals surface area (Å²) in [6, 6.07) is 27.7. The normalized spacial score (nSPS) is 11.7. The van der Waals surface area contributed by atoms with E-state index in [0.29, 0.717) is 24.1 Å². The number of amides is 1. The first kappa shape index (κ1) is 22.6. The maximum atomic E-state index is 13.4. The average Bonchev–Trinajstić information content (AvgIpc) is 3.33. The summed E-state index contributed by atoms with van der Waals surface area (Å²) in [5.41, 5.74) is 3.10. The first-order valence-electron chi connectivity index (χ1n) is 10.7.